The first-order valence-electron chi connectivity index (χ1n) is 12.9. The Balaban J connectivity index is 1.42. The van der Waals surface area contributed by atoms with Gasteiger partial charge in [0.1, 0.15) is 5.65 Å². The summed E-state index contributed by atoms with van der Waals surface area (Å²) in [7, 11) is 0. The Kier molecular flexibility index (Phi) is 8.52. The van der Waals surface area contributed by atoms with Crippen LogP contribution in [0.1, 0.15) is 51.6 Å². The molecule has 8 heteroatoms. The van der Waals surface area contributed by atoms with Gasteiger partial charge in [0.2, 0.25) is 5.91 Å². The van der Waals surface area contributed by atoms with Crippen LogP contribution in [0.2, 0.25) is 5.02 Å². The number of nitrogens with one attached hydrogen (secondary N) is 1. The van der Waals surface area contributed by atoms with Gasteiger partial charge in [-0.1, -0.05) is 31.0 Å². The van der Waals surface area contributed by atoms with Gasteiger partial charge in [-0.2, -0.15) is 0 Å². The number of amides is 1. The monoisotopic (exact) mass is 510 g/mol. The highest BCUT2D eigenvalue weighted by molar-refractivity contribution is 6.33. The van der Waals surface area contributed by atoms with E-state index in [0.29, 0.717) is 11.6 Å². The third-order valence-corrected chi connectivity index (χ3v) is 7.24. The average Bonchev–Trinajstić information content (AvgIpc) is 3.21. The molecular formula is C28H35ClN4O3. The molecule has 1 amide bonds. The van der Waals surface area contributed by atoms with E-state index in [0.717, 1.165) is 67.1 Å². The zero-order valence-electron chi connectivity index (χ0n) is 21.3. The summed E-state index contributed by atoms with van der Waals surface area (Å²) in [5.41, 5.74) is 4.81. The number of carbonyl (C=O) groups excluding carboxylic acids is 2. The summed E-state index contributed by atoms with van der Waals surface area (Å²) >= 11 is 6.61. The van der Waals surface area contributed by atoms with Crippen LogP contribution in [0.3, 0.4) is 0 Å². The maximum Gasteiger partial charge on any atom is 0.307 e. The first kappa shape index (κ1) is 26.0. The van der Waals surface area contributed by atoms with Crippen molar-refractivity contribution in [2.75, 3.05) is 24.6 Å². The molecule has 0 radical (unpaired) electrons. The van der Waals surface area contributed by atoms with Gasteiger partial charge in [0, 0.05) is 48.2 Å². The van der Waals surface area contributed by atoms with Crippen molar-refractivity contribution in [2.45, 2.75) is 58.9 Å². The standard InChI is InChI=1S/C28H35ClN4O3/c1-4-8-21(17-26(34)36-5-2)30-28(35)20-12-15-32(16-13-20)22-10-11-24(29)23(18-22)27-19(3)33-14-7-6-9-25(33)31-27/h6-7,9-11,14,18,20-21H,4-5,8,12-13,15-17H2,1-3H3,(H,30,35). The number of aromatic nitrogens is 2. The zero-order chi connectivity index (χ0) is 25.7. The van der Waals surface area contributed by atoms with Crippen molar-refractivity contribution in [3.05, 3.63) is 53.3 Å². The summed E-state index contributed by atoms with van der Waals surface area (Å²) in [6.45, 7) is 7.81. The van der Waals surface area contributed by atoms with Crippen LogP contribution in [-0.2, 0) is 14.3 Å². The summed E-state index contributed by atoms with van der Waals surface area (Å²) in [5.74, 6) is -0.282. The lowest BCUT2D eigenvalue weighted by molar-refractivity contribution is -0.143. The smallest absolute Gasteiger partial charge is 0.307 e. The summed E-state index contributed by atoms with van der Waals surface area (Å²) in [4.78, 5) is 32.0. The van der Waals surface area contributed by atoms with Gasteiger partial charge in [-0.15, -0.1) is 0 Å². The van der Waals surface area contributed by atoms with E-state index in [1.807, 2.05) is 36.5 Å². The van der Waals surface area contributed by atoms with Crippen molar-refractivity contribution in [1.29, 1.82) is 0 Å². The molecule has 192 valence electrons. The second kappa shape index (κ2) is 11.8. The number of pyridine rings is 1. The van der Waals surface area contributed by atoms with E-state index >= 15 is 0 Å². The molecule has 1 fully saturated rings. The Hall–Kier alpha value is -3.06. The van der Waals surface area contributed by atoms with Crippen molar-refractivity contribution in [3.8, 4) is 11.3 Å². The summed E-state index contributed by atoms with van der Waals surface area (Å²) < 4.78 is 7.14. The number of halogens is 1. The normalized spacial score (nSPS) is 15.2. The number of nitrogens with zero attached hydrogens (tertiary/aromatic N) is 3. The molecule has 36 heavy (non-hydrogen) atoms. The lowest BCUT2D eigenvalue weighted by atomic mass is 9.94. The first-order valence-corrected chi connectivity index (χ1v) is 13.2. The van der Waals surface area contributed by atoms with E-state index in [2.05, 4.69) is 34.5 Å². The number of benzene rings is 1. The van der Waals surface area contributed by atoms with Crippen molar-refractivity contribution in [2.24, 2.45) is 5.92 Å². The molecule has 1 atom stereocenters. The van der Waals surface area contributed by atoms with E-state index in [1.165, 1.54) is 0 Å². The van der Waals surface area contributed by atoms with E-state index in [4.69, 9.17) is 21.3 Å². The van der Waals surface area contributed by atoms with Gasteiger partial charge >= 0.3 is 5.97 Å². The highest BCUT2D eigenvalue weighted by atomic mass is 35.5. The number of fused-ring (bicyclic) bond motifs is 1. The number of carbonyl (C=O) groups is 2. The fourth-order valence-corrected chi connectivity index (χ4v) is 5.19. The number of esters is 1. The Labute approximate surface area is 217 Å². The van der Waals surface area contributed by atoms with E-state index in [-0.39, 0.29) is 30.3 Å². The van der Waals surface area contributed by atoms with Crippen LogP contribution in [0, 0.1) is 12.8 Å². The van der Waals surface area contributed by atoms with Gasteiger partial charge in [-0.05, 0) is 63.4 Å². The van der Waals surface area contributed by atoms with Crippen LogP contribution in [0.4, 0.5) is 5.69 Å². The minimum Gasteiger partial charge on any atom is -0.466 e. The Morgan fingerprint density at radius 2 is 1.97 bits per heavy atom. The number of piperidine rings is 1. The molecule has 7 nitrogen and oxygen atoms in total. The van der Waals surface area contributed by atoms with Gasteiger partial charge in [0.05, 0.1) is 23.7 Å². The number of hydrogen-bond donors (Lipinski definition) is 1. The molecule has 1 N–H and O–H groups in total. The first-order chi connectivity index (χ1) is 17.4. The molecule has 3 aromatic rings. The largest absolute Gasteiger partial charge is 0.466 e. The SMILES string of the molecule is CCCC(CC(=O)OCC)NC(=O)C1CCN(c2ccc(Cl)c(-c3nc4ccccn4c3C)c2)CC1. The van der Waals surface area contributed by atoms with Gasteiger partial charge in [0.15, 0.2) is 0 Å². The number of rotatable bonds is 9. The summed E-state index contributed by atoms with van der Waals surface area (Å²) in [6, 6.07) is 11.9. The lowest BCUT2D eigenvalue weighted by Crippen LogP contribution is -2.44. The molecule has 3 heterocycles. The molecule has 1 saturated heterocycles. The second-order valence-corrected chi connectivity index (χ2v) is 9.81. The molecule has 1 aromatic carbocycles. The van der Waals surface area contributed by atoms with Gasteiger partial charge < -0.3 is 19.4 Å². The fourth-order valence-electron chi connectivity index (χ4n) is 4.98. The molecule has 1 aliphatic rings. The molecule has 1 aliphatic heterocycles. The van der Waals surface area contributed by atoms with Crippen molar-refractivity contribution in [3.63, 3.8) is 0 Å². The highest BCUT2D eigenvalue weighted by Crippen LogP contribution is 2.35. The second-order valence-electron chi connectivity index (χ2n) is 9.40. The predicted octanol–water partition coefficient (Wildman–Crippen LogP) is 5.42. The number of anilines is 1. The van der Waals surface area contributed by atoms with Crippen LogP contribution < -0.4 is 10.2 Å². The third-order valence-electron chi connectivity index (χ3n) is 6.91. The number of aryl methyl sites for hydroxylation is 1. The zero-order valence-corrected chi connectivity index (χ0v) is 22.1. The average molecular weight is 511 g/mol. The van der Waals surface area contributed by atoms with E-state index < -0.39 is 0 Å². The van der Waals surface area contributed by atoms with Crippen molar-refractivity contribution in [1.82, 2.24) is 14.7 Å². The lowest BCUT2D eigenvalue weighted by Gasteiger charge is -2.34. The molecule has 2 aromatic heterocycles. The van der Waals surface area contributed by atoms with E-state index in [9.17, 15) is 9.59 Å². The van der Waals surface area contributed by atoms with Crippen molar-refractivity contribution < 1.29 is 14.3 Å². The molecule has 0 aliphatic carbocycles. The van der Waals surface area contributed by atoms with E-state index in [1.54, 1.807) is 6.92 Å². The molecule has 1 unspecified atom stereocenters. The quantitative estimate of drug-likeness (QED) is 0.389. The number of hydrogen-bond acceptors (Lipinski definition) is 5. The Morgan fingerprint density at radius 1 is 1.19 bits per heavy atom. The van der Waals surface area contributed by atoms with Crippen LogP contribution in [-0.4, -0.2) is 47.0 Å². The van der Waals surface area contributed by atoms with Crippen LogP contribution in [0.25, 0.3) is 16.9 Å². The van der Waals surface area contributed by atoms with Crippen LogP contribution in [0.15, 0.2) is 42.6 Å². The van der Waals surface area contributed by atoms with Crippen molar-refractivity contribution >= 4 is 34.8 Å². The fraction of sp³-hybridized carbons (Fsp3) is 0.464. The van der Waals surface area contributed by atoms with Gasteiger partial charge in [-0.3, -0.25) is 9.59 Å². The summed E-state index contributed by atoms with van der Waals surface area (Å²) in [5, 5.41) is 3.77. The maximum atomic E-state index is 13.0. The Morgan fingerprint density at radius 3 is 2.67 bits per heavy atom. The molecule has 0 spiro atoms. The molecule has 4 rings (SSSR count). The third kappa shape index (κ3) is 5.84. The number of ether oxygens (including phenoxy) is 1. The van der Waals surface area contributed by atoms with Crippen LogP contribution in [0.5, 0.6) is 0 Å². The Bertz CT molecular complexity index is 1220. The minimum absolute atomic E-state index is 0.0366. The minimum atomic E-state index is -0.259. The molecular weight excluding hydrogens is 476 g/mol. The van der Waals surface area contributed by atoms with Gasteiger partial charge in [-0.25, -0.2) is 4.98 Å². The summed E-state index contributed by atoms with van der Waals surface area (Å²) in [6.07, 6.45) is 5.41. The maximum absolute atomic E-state index is 13.0. The highest BCUT2D eigenvalue weighted by Gasteiger charge is 2.28. The van der Waals surface area contributed by atoms with Crippen LogP contribution >= 0.6 is 11.6 Å². The number of imidazole rings is 1. The topological polar surface area (TPSA) is 75.9 Å². The molecule has 0 bridgehead atoms. The molecule has 0 saturated carbocycles. The predicted molar refractivity (Wildman–Crippen MR) is 143 cm³/mol. The van der Waals surface area contributed by atoms with Gasteiger partial charge in [0.25, 0.3) is 0 Å².